The van der Waals surface area contributed by atoms with Crippen molar-refractivity contribution in [1.29, 1.82) is 0 Å². The molecule has 5 heteroatoms. The van der Waals surface area contributed by atoms with E-state index in [0.717, 1.165) is 37.6 Å². The van der Waals surface area contributed by atoms with Crippen molar-refractivity contribution in [1.82, 2.24) is 19.9 Å². The first-order valence-electron chi connectivity index (χ1n) is 9.45. The summed E-state index contributed by atoms with van der Waals surface area (Å²) in [5.41, 5.74) is 3.89. The number of rotatable bonds is 4. The lowest BCUT2D eigenvalue weighted by atomic mass is 9.84. The third-order valence-corrected chi connectivity index (χ3v) is 6.17. The van der Waals surface area contributed by atoms with Crippen molar-refractivity contribution in [3.8, 4) is 0 Å². The summed E-state index contributed by atoms with van der Waals surface area (Å²) in [4.78, 5) is 9.74. The van der Waals surface area contributed by atoms with Crippen molar-refractivity contribution in [3.05, 3.63) is 47.1 Å². The molecule has 4 rings (SSSR count). The van der Waals surface area contributed by atoms with Crippen LogP contribution < -0.4 is 0 Å². The Morgan fingerprint density at radius 3 is 2.60 bits per heavy atom. The first-order valence-corrected chi connectivity index (χ1v) is 9.45. The minimum absolute atomic E-state index is 0.372. The van der Waals surface area contributed by atoms with Crippen molar-refractivity contribution < 1.29 is 4.52 Å². The highest BCUT2D eigenvalue weighted by molar-refractivity contribution is 5.21. The van der Waals surface area contributed by atoms with Crippen molar-refractivity contribution >= 4 is 0 Å². The van der Waals surface area contributed by atoms with Crippen LogP contribution in [0.25, 0.3) is 0 Å². The van der Waals surface area contributed by atoms with Crippen LogP contribution >= 0.6 is 0 Å². The molecule has 134 valence electrons. The standard InChI is InChI=1S/C20H28N4O/c1-16-19(17(2)25-22-16)15-24-11-5-7-20(24)8-12-23(13-9-20)14-18-6-3-4-10-21-18/h3-4,6,10H,5,7-9,11-15H2,1-2H3. The Kier molecular flexibility index (Phi) is 4.61. The van der Waals surface area contributed by atoms with Gasteiger partial charge in [-0.3, -0.25) is 14.8 Å². The zero-order chi connectivity index (χ0) is 17.3. The highest BCUT2D eigenvalue weighted by Gasteiger charge is 2.43. The number of likely N-dealkylation sites (tertiary alicyclic amines) is 2. The molecule has 0 unspecified atom stereocenters. The second-order valence-electron chi connectivity index (χ2n) is 7.65. The molecule has 0 amide bonds. The lowest BCUT2D eigenvalue weighted by Gasteiger charge is -2.45. The van der Waals surface area contributed by atoms with Crippen LogP contribution in [0.5, 0.6) is 0 Å². The van der Waals surface area contributed by atoms with Crippen LogP contribution in [-0.4, -0.2) is 45.1 Å². The molecule has 2 aliphatic heterocycles. The minimum atomic E-state index is 0.372. The van der Waals surface area contributed by atoms with Crippen molar-refractivity contribution in [2.75, 3.05) is 19.6 Å². The lowest BCUT2D eigenvalue weighted by molar-refractivity contribution is 0.0442. The largest absolute Gasteiger partial charge is 0.361 e. The maximum atomic E-state index is 5.37. The average molecular weight is 340 g/mol. The Labute approximate surface area is 150 Å². The number of nitrogens with zero attached hydrogens (tertiary/aromatic N) is 4. The average Bonchev–Trinajstić information content (AvgIpc) is 3.16. The maximum Gasteiger partial charge on any atom is 0.138 e. The molecule has 2 fully saturated rings. The Balaban J connectivity index is 1.40. The van der Waals surface area contributed by atoms with E-state index in [1.165, 1.54) is 43.5 Å². The van der Waals surface area contributed by atoms with E-state index < -0.39 is 0 Å². The minimum Gasteiger partial charge on any atom is -0.361 e. The van der Waals surface area contributed by atoms with E-state index in [2.05, 4.69) is 39.0 Å². The van der Waals surface area contributed by atoms with Gasteiger partial charge in [-0.05, 0) is 58.2 Å². The smallest absolute Gasteiger partial charge is 0.138 e. The molecule has 0 atom stereocenters. The second kappa shape index (κ2) is 6.89. The predicted octanol–water partition coefficient (Wildman–Crippen LogP) is 3.32. The van der Waals surface area contributed by atoms with Gasteiger partial charge in [0.05, 0.1) is 11.4 Å². The van der Waals surface area contributed by atoms with Gasteiger partial charge in [0.25, 0.3) is 0 Å². The molecule has 2 saturated heterocycles. The monoisotopic (exact) mass is 340 g/mol. The second-order valence-corrected chi connectivity index (χ2v) is 7.65. The third-order valence-electron chi connectivity index (χ3n) is 6.17. The quantitative estimate of drug-likeness (QED) is 0.854. The summed E-state index contributed by atoms with van der Waals surface area (Å²) in [7, 11) is 0. The molecular formula is C20H28N4O. The van der Waals surface area contributed by atoms with Crippen LogP contribution in [0.1, 0.15) is 48.4 Å². The van der Waals surface area contributed by atoms with Gasteiger partial charge in [-0.15, -0.1) is 0 Å². The summed E-state index contributed by atoms with van der Waals surface area (Å²) in [6.07, 6.45) is 7.03. The summed E-state index contributed by atoms with van der Waals surface area (Å²) in [6, 6.07) is 6.19. The van der Waals surface area contributed by atoms with Gasteiger partial charge in [-0.25, -0.2) is 0 Å². The highest BCUT2D eigenvalue weighted by atomic mass is 16.5. The molecule has 0 N–H and O–H groups in total. The molecule has 1 spiro atoms. The molecule has 2 aromatic heterocycles. The summed E-state index contributed by atoms with van der Waals surface area (Å²) in [6.45, 7) is 9.58. The van der Waals surface area contributed by atoms with Gasteiger partial charge in [0.15, 0.2) is 0 Å². The number of aryl methyl sites for hydroxylation is 2. The summed E-state index contributed by atoms with van der Waals surface area (Å²) in [5, 5.41) is 4.13. The van der Waals surface area contributed by atoms with E-state index in [0.29, 0.717) is 5.54 Å². The molecule has 0 aliphatic carbocycles. The van der Waals surface area contributed by atoms with E-state index >= 15 is 0 Å². The van der Waals surface area contributed by atoms with Crippen molar-refractivity contribution in [2.45, 2.75) is 58.2 Å². The van der Waals surface area contributed by atoms with Crippen LogP contribution in [0.2, 0.25) is 0 Å². The van der Waals surface area contributed by atoms with Gasteiger partial charge >= 0.3 is 0 Å². The molecule has 2 aromatic rings. The van der Waals surface area contributed by atoms with E-state index in [1.807, 2.05) is 19.2 Å². The fourth-order valence-corrected chi connectivity index (χ4v) is 4.57. The Hall–Kier alpha value is -1.72. The Bertz CT molecular complexity index is 684. The maximum absolute atomic E-state index is 5.37. The Morgan fingerprint density at radius 2 is 1.92 bits per heavy atom. The highest BCUT2D eigenvalue weighted by Crippen LogP contribution is 2.40. The number of piperidine rings is 1. The van der Waals surface area contributed by atoms with Gasteiger partial charge in [0.1, 0.15) is 5.76 Å². The lowest BCUT2D eigenvalue weighted by Crippen LogP contribution is -2.51. The number of pyridine rings is 1. The van der Waals surface area contributed by atoms with Crippen molar-refractivity contribution in [2.24, 2.45) is 0 Å². The fraction of sp³-hybridized carbons (Fsp3) is 0.600. The van der Waals surface area contributed by atoms with Crippen molar-refractivity contribution in [3.63, 3.8) is 0 Å². The first kappa shape index (κ1) is 16.7. The summed E-state index contributed by atoms with van der Waals surface area (Å²) < 4.78 is 5.37. The SMILES string of the molecule is Cc1noc(C)c1CN1CCCC12CCN(Cc1ccccn1)CC2. The zero-order valence-corrected chi connectivity index (χ0v) is 15.4. The first-order chi connectivity index (χ1) is 12.2. The fourth-order valence-electron chi connectivity index (χ4n) is 4.57. The molecule has 25 heavy (non-hydrogen) atoms. The van der Waals surface area contributed by atoms with Crippen LogP contribution in [0.3, 0.4) is 0 Å². The van der Waals surface area contributed by atoms with E-state index in [9.17, 15) is 0 Å². The zero-order valence-electron chi connectivity index (χ0n) is 15.4. The Morgan fingerprint density at radius 1 is 1.08 bits per heavy atom. The molecule has 0 bridgehead atoms. The van der Waals surface area contributed by atoms with Gasteiger partial charge in [-0.2, -0.15) is 0 Å². The third kappa shape index (κ3) is 3.35. The van der Waals surface area contributed by atoms with E-state index in [-0.39, 0.29) is 0 Å². The van der Waals surface area contributed by atoms with E-state index in [1.54, 1.807) is 0 Å². The van der Waals surface area contributed by atoms with Gasteiger partial charge in [0, 0.05) is 43.5 Å². The normalized spacial score (nSPS) is 21.2. The van der Waals surface area contributed by atoms with Gasteiger partial charge in [-0.1, -0.05) is 11.2 Å². The van der Waals surface area contributed by atoms with Crippen LogP contribution in [0, 0.1) is 13.8 Å². The van der Waals surface area contributed by atoms with E-state index in [4.69, 9.17) is 4.52 Å². The van der Waals surface area contributed by atoms with Crippen LogP contribution in [-0.2, 0) is 13.1 Å². The molecular weight excluding hydrogens is 312 g/mol. The van der Waals surface area contributed by atoms with Crippen LogP contribution in [0.4, 0.5) is 0 Å². The summed E-state index contributed by atoms with van der Waals surface area (Å²) >= 11 is 0. The van der Waals surface area contributed by atoms with Gasteiger partial charge < -0.3 is 4.52 Å². The summed E-state index contributed by atoms with van der Waals surface area (Å²) in [5.74, 6) is 0.979. The molecule has 5 nitrogen and oxygen atoms in total. The molecule has 2 aliphatic rings. The molecule has 0 saturated carbocycles. The molecule has 4 heterocycles. The number of aromatic nitrogens is 2. The molecule has 0 radical (unpaired) electrons. The number of hydrogen-bond acceptors (Lipinski definition) is 5. The topological polar surface area (TPSA) is 45.4 Å². The van der Waals surface area contributed by atoms with Gasteiger partial charge in [0.2, 0.25) is 0 Å². The molecule has 0 aromatic carbocycles. The predicted molar refractivity (Wildman–Crippen MR) is 97.1 cm³/mol. The number of hydrogen-bond donors (Lipinski definition) is 0. The van der Waals surface area contributed by atoms with Crippen LogP contribution in [0.15, 0.2) is 28.9 Å².